The Morgan fingerprint density at radius 2 is 1.45 bits per heavy atom. The minimum absolute atomic E-state index is 0.615. The van der Waals surface area contributed by atoms with Crippen molar-refractivity contribution < 1.29 is 24.1 Å². The molecule has 0 radical (unpaired) electrons. The summed E-state index contributed by atoms with van der Waals surface area (Å²) in [7, 11) is 7.13. The minimum atomic E-state index is -0.615. The summed E-state index contributed by atoms with van der Waals surface area (Å²) in [6, 6.07) is 11.8. The van der Waals surface area contributed by atoms with Crippen LogP contribution >= 0.6 is 0 Å². The van der Waals surface area contributed by atoms with Gasteiger partial charge >= 0.3 is 0 Å². The first-order chi connectivity index (χ1) is 16.0. The number of fused-ring (bicyclic) bond motifs is 1. The molecule has 0 saturated heterocycles. The van der Waals surface area contributed by atoms with Gasteiger partial charge in [0.1, 0.15) is 11.5 Å². The summed E-state index contributed by atoms with van der Waals surface area (Å²) in [5.41, 5.74) is 1.91. The lowest BCUT2D eigenvalue weighted by Gasteiger charge is -2.27. The fourth-order valence-electron chi connectivity index (χ4n) is 4.54. The van der Waals surface area contributed by atoms with Gasteiger partial charge in [0.25, 0.3) is 0 Å². The van der Waals surface area contributed by atoms with Crippen LogP contribution < -0.4 is 18.9 Å². The molecule has 6 heteroatoms. The van der Waals surface area contributed by atoms with Crippen LogP contribution in [0.5, 0.6) is 23.0 Å². The van der Waals surface area contributed by atoms with E-state index in [4.69, 9.17) is 18.9 Å². The van der Waals surface area contributed by atoms with Crippen LogP contribution in [-0.4, -0.2) is 63.7 Å². The monoisotopic (exact) mass is 457 g/mol. The molecule has 2 aromatic rings. The topological polar surface area (TPSA) is 60.4 Å². The Kier molecular flexibility index (Phi) is 9.27. The fourth-order valence-corrected chi connectivity index (χ4v) is 4.54. The standard InChI is InChI=1S/C27H39NO5/c1-28(16-7-17-33-24-9-5-8-23(20-24)30-2)15-6-12-27(29)13-10-21-18-25(31-3)26(32-4)19-22(21)11-14-27/h5,8-9,18-20,29H,6-7,10-17H2,1-4H3. The molecule has 0 unspecified atom stereocenters. The van der Waals surface area contributed by atoms with Gasteiger partial charge in [-0.15, -0.1) is 0 Å². The predicted molar refractivity (Wildman–Crippen MR) is 131 cm³/mol. The zero-order valence-electron chi connectivity index (χ0n) is 20.6. The molecule has 0 saturated carbocycles. The smallest absolute Gasteiger partial charge is 0.161 e. The number of hydrogen-bond donors (Lipinski definition) is 1. The molecule has 0 amide bonds. The number of aliphatic hydroxyl groups is 1. The molecule has 1 N–H and O–H groups in total. The second kappa shape index (κ2) is 12.1. The lowest BCUT2D eigenvalue weighted by atomic mass is 9.89. The van der Waals surface area contributed by atoms with Gasteiger partial charge in [-0.3, -0.25) is 0 Å². The number of methoxy groups -OCH3 is 3. The van der Waals surface area contributed by atoms with Crippen molar-refractivity contribution in [3.63, 3.8) is 0 Å². The third-order valence-electron chi connectivity index (χ3n) is 6.60. The molecule has 0 bridgehead atoms. The van der Waals surface area contributed by atoms with Crippen LogP contribution in [0.25, 0.3) is 0 Å². The van der Waals surface area contributed by atoms with Gasteiger partial charge in [-0.25, -0.2) is 0 Å². The maximum absolute atomic E-state index is 11.3. The van der Waals surface area contributed by atoms with Crippen molar-refractivity contribution in [1.29, 1.82) is 0 Å². The van der Waals surface area contributed by atoms with E-state index in [2.05, 4.69) is 24.1 Å². The average Bonchev–Trinajstić information content (AvgIpc) is 2.99. The molecule has 6 nitrogen and oxygen atoms in total. The van der Waals surface area contributed by atoms with Crippen LogP contribution in [0.1, 0.15) is 43.2 Å². The maximum Gasteiger partial charge on any atom is 0.161 e. The minimum Gasteiger partial charge on any atom is -0.497 e. The van der Waals surface area contributed by atoms with E-state index in [1.54, 1.807) is 21.3 Å². The van der Waals surface area contributed by atoms with E-state index in [1.165, 1.54) is 11.1 Å². The normalized spacial score (nSPS) is 15.0. The Hall–Kier alpha value is -2.44. The Bertz CT molecular complexity index is 850. The van der Waals surface area contributed by atoms with Crippen LogP contribution in [0.4, 0.5) is 0 Å². The van der Waals surface area contributed by atoms with Gasteiger partial charge in [0.15, 0.2) is 11.5 Å². The Balaban J connectivity index is 1.38. The van der Waals surface area contributed by atoms with Gasteiger partial charge in [0.05, 0.1) is 33.5 Å². The molecule has 0 heterocycles. The van der Waals surface area contributed by atoms with Crippen LogP contribution in [0.15, 0.2) is 36.4 Å². The molecule has 0 spiro atoms. The molecule has 1 aliphatic carbocycles. The predicted octanol–water partition coefficient (Wildman–Crippen LogP) is 4.50. The number of ether oxygens (including phenoxy) is 4. The van der Waals surface area contributed by atoms with E-state index < -0.39 is 5.60 Å². The highest BCUT2D eigenvalue weighted by atomic mass is 16.5. The molecule has 0 fully saturated rings. The number of hydrogen-bond acceptors (Lipinski definition) is 6. The first kappa shape index (κ1) is 25.2. The van der Waals surface area contributed by atoms with Crippen LogP contribution in [0, 0.1) is 0 Å². The number of benzene rings is 2. The highest BCUT2D eigenvalue weighted by Gasteiger charge is 2.30. The summed E-state index contributed by atoms with van der Waals surface area (Å²) in [6.07, 6.45) is 6.05. The van der Waals surface area contributed by atoms with Crippen molar-refractivity contribution in [2.45, 2.75) is 50.5 Å². The lowest BCUT2D eigenvalue weighted by molar-refractivity contribution is 0.0134. The van der Waals surface area contributed by atoms with Gasteiger partial charge < -0.3 is 29.0 Å². The molecular weight excluding hydrogens is 418 g/mol. The van der Waals surface area contributed by atoms with Crippen molar-refractivity contribution in [1.82, 2.24) is 4.90 Å². The molecule has 182 valence electrons. The maximum atomic E-state index is 11.3. The molecule has 0 aliphatic heterocycles. The summed E-state index contributed by atoms with van der Waals surface area (Å²) in [6.45, 7) is 2.61. The van der Waals surface area contributed by atoms with Crippen molar-refractivity contribution in [2.24, 2.45) is 0 Å². The molecule has 0 atom stereocenters. The molecule has 3 rings (SSSR count). The Morgan fingerprint density at radius 3 is 2.06 bits per heavy atom. The average molecular weight is 458 g/mol. The lowest BCUT2D eigenvalue weighted by Crippen LogP contribution is -2.31. The second-order valence-electron chi connectivity index (χ2n) is 8.99. The largest absolute Gasteiger partial charge is 0.497 e. The molecule has 2 aromatic carbocycles. The van der Waals surface area contributed by atoms with Crippen LogP contribution in [0.3, 0.4) is 0 Å². The number of aryl methyl sites for hydroxylation is 2. The van der Waals surface area contributed by atoms with Crippen molar-refractivity contribution in [3.8, 4) is 23.0 Å². The van der Waals surface area contributed by atoms with E-state index in [9.17, 15) is 5.11 Å². The van der Waals surface area contributed by atoms with E-state index in [1.807, 2.05) is 24.3 Å². The number of nitrogens with zero attached hydrogens (tertiary/aromatic N) is 1. The van der Waals surface area contributed by atoms with Crippen LogP contribution in [-0.2, 0) is 12.8 Å². The van der Waals surface area contributed by atoms with Crippen molar-refractivity contribution in [3.05, 3.63) is 47.5 Å². The Labute approximate surface area is 198 Å². The number of rotatable bonds is 12. The summed E-state index contributed by atoms with van der Waals surface area (Å²) < 4.78 is 22.0. The zero-order chi connectivity index (χ0) is 23.7. The Morgan fingerprint density at radius 1 is 0.848 bits per heavy atom. The van der Waals surface area contributed by atoms with Gasteiger partial charge in [-0.2, -0.15) is 0 Å². The highest BCUT2D eigenvalue weighted by molar-refractivity contribution is 5.48. The van der Waals surface area contributed by atoms with Gasteiger partial charge in [0, 0.05) is 12.6 Å². The van der Waals surface area contributed by atoms with Crippen molar-refractivity contribution >= 4 is 0 Å². The van der Waals surface area contributed by atoms with E-state index in [0.717, 1.165) is 81.0 Å². The first-order valence-corrected chi connectivity index (χ1v) is 11.9. The van der Waals surface area contributed by atoms with Gasteiger partial charge in [-0.1, -0.05) is 6.07 Å². The molecule has 33 heavy (non-hydrogen) atoms. The molecule has 1 aliphatic rings. The van der Waals surface area contributed by atoms with E-state index in [-0.39, 0.29) is 0 Å². The zero-order valence-corrected chi connectivity index (χ0v) is 20.6. The third-order valence-corrected chi connectivity index (χ3v) is 6.60. The molecule has 0 aromatic heterocycles. The van der Waals surface area contributed by atoms with E-state index in [0.29, 0.717) is 6.61 Å². The highest BCUT2D eigenvalue weighted by Crippen LogP contribution is 2.37. The fraction of sp³-hybridized carbons (Fsp3) is 0.556. The summed E-state index contributed by atoms with van der Waals surface area (Å²) >= 11 is 0. The SMILES string of the molecule is COc1cccc(OCCCN(C)CCCC2(O)CCc3cc(OC)c(OC)cc3CC2)c1. The summed E-state index contributed by atoms with van der Waals surface area (Å²) in [5, 5.41) is 11.3. The second-order valence-corrected chi connectivity index (χ2v) is 8.99. The van der Waals surface area contributed by atoms with E-state index >= 15 is 0 Å². The summed E-state index contributed by atoms with van der Waals surface area (Å²) in [5.74, 6) is 3.17. The molecular formula is C27H39NO5. The quantitative estimate of drug-likeness (QED) is 0.374. The third kappa shape index (κ3) is 7.27. The van der Waals surface area contributed by atoms with Gasteiger partial charge in [0.2, 0.25) is 0 Å². The first-order valence-electron chi connectivity index (χ1n) is 11.9. The van der Waals surface area contributed by atoms with Crippen molar-refractivity contribution in [2.75, 3.05) is 48.1 Å². The van der Waals surface area contributed by atoms with Crippen LogP contribution in [0.2, 0.25) is 0 Å². The van der Waals surface area contributed by atoms with Gasteiger partial charge in [-0.05, 0) is 93.9 Å². The summed E-state index contributed by atoms with van der Waals surface area (Å²) in [4.78, 5) is 2.32.